The van der Waals surface area contributed by atoms with Gasteiger partial charge in [-0.3, -0.25) is 10.1 Å². The van der Waals surface area contributed by atoms with E-state index in [0.717, 1.165) is 0 Å². The summed E-state index contributed by atoms with van der Waals surface area (Å²) < 4.78 is 28.9. The van der Waals surface area contributed by atoms with Gasteiger partial charge in [0.2, 0.25) is 0 Å². The Bertz CT molecular complexity index is 819. The van der Waals surface area contributed by atoms with Gasteiger partial charge >= 0.3 is 6.02 Å². The molecule has 23 heavy (non-hydrogen) atoms. The van der Waals surface area contributed by atoms with Crippen LogP contribution in [0, 0.1) is 10.1 Å². The second-order valence-corrected chi connectivity index (χ2v) is 5.87. The van der Waals surface area contributed by atoms with Crippen molar-refractivity contribution in [3.8, 4) is 5.75 Å². The lowest BCUT2D eigenvalue weighted by Crippen LogP contribution is -2.27. The fourth-order valence-corrected chi connectivity index (χ4v) is 2.37. The molecule has 0 atom stereocenters. The van der Waals surface area contributed by atoms with E-state index in [1.165, 1.54) is 36.4 Å². The molecule has 0 fully saturated rings. The minimum Gasteiger partial charge on any atom is -0.425 e. The van der Waals surface area contributed by atoms with E-state index in [2.05, 4.69) is 5.10 Å². The molecule has 2 rings (SSSR count). The van der Waals surface area contributed by atoms with Crippen LogP contribution in [0.4, 0.5) is 5.69 Å². The molecule has 2 aromatic rings. The number of hydrogen-bond donors (Lipinski definition) is 2. The molecule has 0 saturated carbocycles. The van der Waals surface area contributed by atoms with Crippen LogP contribution >= 0.6 is 0 Å². The number of nitro benzene ring substituents is 1. The SMILES string of the molecule is NC(=NNS(=O)(=O)c1ccccc1)Oc1ccc([N+](=O)[O-])cc1. The Morgan fingerprint density at radius 2 is 1.74 bits per heavy atom. The van der Waals surface area contributed by atoms with Gasteiger partial charge in [-0.1, -0.05) is 18.2 Å². The highest BCUT2D eigenvalue weighted by Crippen LogP contribution is 2.17. The first-order chi connectivity index (χ1) is 10.9. The predicted molar refractivity (Wildman–Crippen MR) is 82.1 cm³/mol. The van der Waals surface area contributed by atoms with Crippen LogP contribution in [0.15, 0.2) is 64.6 Å². The van der Waals surface area contributed by atoms with Crippen molar-refractivity contribution in [1.29, 1.82) is 0 Å². The van der Waals surface area contributed by atoms with Crippen LogP contribution in [0.25, 0.3) is 0 Å². The number of nitro groups is 1. The zero-order chi connectivity index (χ0) is 16.9. The van der Waals surface area contributed by atoms with Crippen molar-refractivity contribution >= 4 is 21.7 Å². The predicted octanol–water partition coefficient (Wildman–Crippen LogP) is 1.18. The van der Waals surface area contributed by atoms with E-state index in [-0.39, 0.29) is 16.3 Å². The van der Waals surface area contributed by atoms with Gasteiger partial charge in [0.05, 0.1) is 9.82 Å². The number of ether oxygens (including phenoxy) is 1. The number of nitrogens with one attached hydrogen (secondary N) is 1. The molecular formula is C13H12N4O5S. The van der Waals surface area contributed by atoms with Crippen molar-refractivity contribution in [3.05, 3.63) is 64.7 Å². The van der Waals surface area contributed by atoms with E-state index in [4.69, 9.17) is 10.5 Å². The Kier molecular flexibility index (Phi) is 4.76. The van der Waals surface area contributed by atoms with E-state index in [1.807, 2.05) is 4.83 Å². The fraction of sp³-hybridized carbons (Fsp3) is 0. The molecule has 0 radical (unpaired) electrons. The van der Waals surface area contributed by atoms with E-state index >= 15 is 0 Å². The molecule has 0 bridgehead atoms. The number of nitrogens with two attached hydrogens (primary N) is 1. The largest absolute Gasteiger partial charge is 0.425 e. The third kappa shape index (κ3) is 4.41. The van der Waals surface area contributed by atoms with Gasteiger partial charge < -0.3 is 10.5 Å². The van der Waals surface area contributed by atoms with Crippen LogP contribution in [0.2, 0.25) is 0 Å². The summed E-state index contributed by atoms with van der Waals surface area (Å²) in [5.74, 6) is 0.177. The van der Waals surface area contributed by atoms with Gasteiger partial charge in [0.1, 0.15) is 5.75 Å². The maximum Gasteiger partial charge on any atom is 0.310 e. The Hall–Kier alpha value is -3.14. The first-order valence-electron chi connectivity index (χ1n) is 6.21. The smallest absolute Gasteiger partial charge is 0.310 e. The van der Waals surface area contributed by atoms with Crippen molar-refractivity contribution in [2.45, 2.75) is 4.90 Å². The molecule has 2 aromatic carbocycles. The maximum absolute atomic E-state index is 11.9. The van der Waals surface area contributed by atoms with Gasteiger partial charge in [-0.25, -0.2) is 0 Å². The van der Waals surface area contributed by atoms with Crippen LogP contribution in [-0.2, 0) is 10.0 Å². The standard InChI is InChI=1S/C13H12N4O5S/c14-13(22-11-8-6-10(7-9-11)17(18)19)15-16-23(20,21)12-4-2-1-3-5-12/h1-9,16H,(H2,14,15). The molecule has 120 valence electrons. The zero-order valence-corrected chi connectivity index (χ0v) is 12.4. The molecule has 0 aliphatic rings. The summed E-state index contributed by atoms with van der Waals surface area (Å²) >= 11 is 0. The number of sulfonamides is 1. The van der Waals surface area contributed by atoms with Crippen molar-refractivity contribution in [3.63, 3.8) is 0 Å². The van der Waals surface area contributed by atoms with Gasteiger partial charge in [-0.15, -0.1) is 5.10 Å². The number of non-ortho nitro benzene ring substituents is 1. The number of hydrazone groups is 1. The van der Waals surface area contributed by atoms with Gasteiger partial charge in [0, 0.05) is 12.1 Å². The van der Waals surface area contributed by atoms with Gasteiger partial charge in [0.25, 0.3) is 15.7 Å². The van der Waals surface area contributed by atoms with Crippen molar-refractivity contribution in [1.82, 2.24) is 4.83 Å². The number of benzene rings is 2. The van der Waals surface area contributed by atoms with Crippen LogP contribution in [0.5, 0.6) is 5.75 Å². The number of amidine groups is 1. The first kappa shape index (κ1) is 16.2. The lowest BCUT2D eigenvalue weighted by molar-refractivity contribution is -0.384. The summed E-state index contributed by atoms with van der Waals surface area (Å²) in [7, 11) is -3.85. The lowest BCUT2D eigenvalue weighted by atomic mass is 10.3. The topological polar surface area (TPSA) is 137 Å². The molecule has 3 N–H and O–H groups in total. The molecule has 0 saturated heterocycles. The number of rotatable bonds is 5. The molecule has 0 heterocycles. The highest BCUT2D eigenvalue weighted by molar-refractivity contribution is 7.89. The van der Waals surface area contributed by atoms with Gasteiger partial charge in [-0.2, -0.15) is 13.2 Å². The molecule has 10 heteroatoms. The summed E-state index contributed by atoms with van der Waals surface area (Å²) in [6.07, 6.45) is 0. The minimum atomic E-state index is -3.85. The van der Waals surface area contributed by atoms with Crippen LogP contribution in [-0.4, -0.2) is 19.4 Å². The molecule has 0 aromatic heterocycles. The number of nitrogens with zero attached hydrogens (tertiary/aromatic N) is 2. The summed E-state index contributed by atoms with van der Waals surface area (Å²) in [6.45, 7) is 0. The highest BCUT2D eigenvalue weighted by atomic mass is 32.2. The quantitative estimate of drug-likeness (QED) is 0.364. The van der Waals surface area contributed by atoms with Crippen LogP contribution < -0.4 is 15.3 Å². The third-order valence-electron chi connectivity index (χ3n) is 2.60. The van der Waals surface area contributed by atoms with Crippen molar-refractivity contribution in [2.24, 2.45) is 10.8 Å². The molecule has 0 amide bonds. The fourth-order valence-electron chi connectivity index (χ4n) is 1.54. The normalized spacial score (nSPS) is 11.7. The Morgan fingerprint density at radius 1 is 1.13 bits per heavy atom. The average Bonchev–Trinajstić information content (AvgIpc) is 2.54. The van der Waals surface area contributed by atoms with Crippen LogP contribution in [0.1, 0.15) is 0 Å². The molecule has 0 aliphatic carbocycles. The summed E-state index contributed by atoms with van der Waals surface area (Å²) in [5, 5.41) is 13.9. The monoisotopic (exact) mass is 336 g/mol. The Balaban J connectivity index is 2.04. The molecule has 0 spiro atoms. The summed E-state index contributed by atoms with van der Waals surface area (Å²) in [4.78, 5) is 11.9. The van der Waals surface area contributed by atoms with Crippen molar-refractivity contribution in [2.75, 3.05) is 0 Å². The Morgan fingerprint density at radius 3 is 2.30 bits per heavy atom. The second-order valence-electron chi connectivity index (χ2n) is 4.21. The number of hydrogen-bond acceptors (Lipinski definition) is 6. The zero-order valence-electron chi connectivity index (χ0n) is 11.6. The first-order valence-corrected chi connectivity index (χ1v) is 7.69. The van der Waals surface area contributed by atoms with E-state index in [0.29, 0.717) is 0 Å². The summed E-state index contributed by atoms with van der Waals surface area (Å²) in [5.41, 5.74) is 5.34. The average molecular weight is 336 g/mol. The van der Waals surface area contributed by atoms with Crippen LogP contribution in [0.3, 0.4) is 0 Å². The van der Waals surface area contributed by atoms with E-state index < -0.39 is 21.0 Å². The second kappa shape index (κ2) is 6.75. The maximum atomic E-state index is 11.9. The van der Waals surface area contributed by atoms with Gasteiger partial charge in [-0.05, 0) is 24.3 Å². The van der Waals surface area contributed by atoms with E-state index in [9.17, 15) is 18.5 Å². The lowest BCUT2D eigenvalue weighted by Gasteiger charge is -2.06. The van der Waals surface area contributed by atoms with Gasteiger partial charge in [0.15, 0.2) is 0 Å². The molecule has 9 nitrogen and oxygen atoms in total. The van der Waals surface area contributed by atoms with E-state index in [1.54, 1.807) is 18.2 Å². The summed E-state index contributed by atoms with van der Waals surface area (Å²) in [6, 6.07) is 12.2. The third-order valence-corrected chi connectivity index (χ3v) is 3.82. The molecule has 0 unspecified atom stereocenters. The molecule has 0 aliphatic heterocycles. The minimum absolute atomic E-state index is 0.0203. The Labute approximate surface area is 131 Å². The highest BCUT2D eigenvalue weighted by Gasteiger charge is 2.12. The van der Waals surface area contributed by atoms with Crippen molar-refractivity contribution < 1.29 is 18.1 Å². The molecular weight excluding hydrogens is 324 g/mol.